The van der Waals surface area contributed by atoms with E-state index in [2.05, 4.69) is 15.7 Å². The van der Waals surface area contributed by atoms with Gasteiger partial charge in [0.05, 0.1) is 11.4 Å². The molecular formula is C29H31N5O3. The van der Waals surface area contributed by atoms with Gasteiger partial charge < -0.3 is 20.3 Å². The molecule has 0 saturated heterocycles. The van der Waals surface area contributed by atoms with E-state index in [0.717, 1.165) is 42.5 Å². The highest BCUT2D eigenvalue weighted by atomic mass is 16.3. The minimum atomic E-state index is -0.304. The first-order valence-corrected chi connectivity index (χ1v) is 12.6. The van der Waals surface area contributed by atoms with Gasteiger partial charge in [-0.2, -0.15) is 9.78 Å². The number of carbonyl (C=O) groups is 2. The molecule has 0 radical (unpaired) electrons. The number of aromatic nitrogens is 3. The second-order valence-electron chi connectivity index (χ2n) is 9.68. The van der Waals surface area contributed by atoms with E-state index < -0.39 is 0 Å². The van der Waals surface area contributed by atoms with Crippen LogP contribution in [0.25, 0.3) is 11.3 Å². The highest BCUT2D eigenvalue weighted by Crippen LogP contribution is 2.38. The number of benzene rings is 2. The molecule has 2 heterocycles. The smallest absolute Gasteiger partial charge is 0.342 e. The summed E-state index contributed by atoms with van der Waals surface area (Å²) in [5, 5.41) is 21.1. The fraction of sp³-hybridized carbons (Fsp3) is 0.276. The standard InChI is InChI=1S/C29H31N5O3/c1-19-9-11-20(12-10-19)18-30-29(37)34-26(21-6-3-4-7-21)17-24(32-34)23-16-22(13-14-27(23)35)31-28(36)25-8-5-15-33(25)2/h5,8-17,21,35H,3-4,6-7,18H2,1-2H3,(H,30,37)(H,31,36). The molecule has 8 heteroatoms. The van der Waals surface area contributed by atoms with Crippen LogP contribution in [0.15, 0.2) is 66.9 Å². The predicted molar refractivity (Wildman–Crippen MR) is 143 cm³/mol. The summed E-state index contributed by atoms with van der Waals surface area (Å²) in [5.74, 6) is 0.00472. The Balaban J connectivity index is 1.42. The number of hydrogen-bond acceptors (Lipinski definition) is 4. The number of aromatic hydroxyl groups is 1. The Labute approximate surface area is 215 Å². The second kappa shape index (κ2) is 10.3. The minimum Gasteiger partial charge on any atom is -0.507 e. The maximum atomic E-state index is 13.2. The van der Waals surface area contributed by atoms with Crippen LogP contribution in [-0.2, 0) is 13.6 Å². The summed E-state index contributed by atoms with van der Waals surface area (Å²) in [6.07, 6.45) is 6.02. The summed E-state index contributed by atoms with van der Waals surface area (Å²) in [6.45, 7) is 2.42. The first kappa shape index (κ1) is 24.4. The van der Waals surface area contributed by atoms with Crippen LogP contribution in [0.5, 0.6) is 5.75 Å². The van der Waals surface area contributed by atoms with Crippen molar-refractivity contribution in [3.05, 3.63) is 89.4 Å². The molecule has 0 atom stereocenters. The number of phenolic OH excluding ortho intramolecular Hbond substituents is 1. The molecule has 190 valence electrons. The average Bonchev–Trinajstić information content (AvgIpc) is 3.65. The van der Waals surface area contributed by atoms with Gasteiger partial charge in [-0.1, -0.05) is 42.7 Å². The maximum Gasteiger partial charge on any atom is 0.342 e. The zero-order valence-electron chi connectivity index (χ0n) is 21.1. The van der Waals surface area contributed by atoms with Crippen molar-refractivity contribution >= 4 is 17.6 Å². The van der Waals surface area contributed by atoms with Crippen molar-refractivity contribution < 1.29 is 14.7 Å². The van der Waals surface area contributed by atoms with Crippen LogP contribution in [0.4, 0.5) is 10.5 Å². The molecule has 0 bridgehead atoms. The molecule has 2 aromatic heterocycles. The van der Waals surface area contributed by atoms with Gasteiger partial charge in [-0.15, -0.1) is 0 Å². The van der Waals surface area contributed by atoms with E-state index in [9.17, 15) is 14.7 Å². The topological polar surface area (TPSA) is 101 Å². The molecule has 1 fully saturated rings. The first-order valence-electron chi connectivity index (χ1n) is 12.6. The van der Waals surface area contributed by atoms with Gasteiger partial charge in [0.2, 0.25) is 0 Å². The van der Waals surface area contributed by atoms with Crippen molar-refractivity contribution in [3.8, 4) is 17.0 Å². The molecule has 5 rings (SSSR count). The highest BCUT2D eigenvalue weighted by Gasteiger charge is 2.26. The van der Waals surface area contributed by atoms with Crippen molar-refractivity contribution in [2.24, 2.45) is 7.05 Å². The van der Waals surface area contributed by atoms with Gasteiger partial charge >= 0.3 is 6.03 Å². The number of phenols is 1. The van der Waals surface area contributed by atoms with E-state index in [1.54, 1.807) is 42.1 Å². The number of nitrogens with one attached hydrogen (secondary N) is 2. The molecule has 1 saturated carbocycles. The van der Waals surface area contributed by atoms with E-state index in [0.29, 0.717) is 29.2 Å². The van der Waals surface area contributed by atoms with E-state index in [1.807, 2.05) is 37.3 Å². The highest BCUT2D eigenvalue weighted by molar-refractivity contribution is 6.03. The van der Waals surface area contributed by atoms with Crippen LogP contribution in [0.2, 0.25) is 0 Å². The number of hydrogen-bond donors (Lipinski definition) is 3. The van der Waals surface area contributed by atoms with Gasteiger partial charge in [-0.05, 0) is 61.7 Å². The number of aryl methyl sites for hydroxylation is 2. The normalized spacial score (nSPS) is 13.6. The Kier molecular flexibility index (Phi) is 6.81. The Hall–Kier alpha value is -4.33. The van der Waals surface area contributed by atoms with Crippen molar-refractivity contribution in [2.45, 2.75) is 45.1 Å². The van der Waals surface area contributed by atoms with Crippen LogP contribution in [0, 0.1) is 6.92 Å². The molecule has 4 aromatic rings. The molecule has 3 N–H and O–H groups in total. The number of carbonyl (C=O) groups excluding carboxylic acids is 2. The van der Waals surface area contributed by atoms with Crippen LogP contribution >= 0.6 is 0 Å². The van der Waals surface area contributed by atoms with E-state index in [4.69, 9.17) is 0 Å². The van der Waals surface area contributed by atoms with Crippen molar-refractivity contribution in [1.82, 2.24) is 19.7 Å². The fourth-order valence-electron chi connectivity index (χ4n) is 4.87. The molecule has 1 aliphatic rings. The lowest BCUT2D eigenvalue weighted by Crippen LogP contribution is -2.30. The maximum absolute atomic E-state index is 13.2. The van der Waals surface area contributed by atoms with Gasteiger partial charge in [-0.3, -0.25) is 4.79 Å². The van der Waals surface area contributed by atoms with Gasteiger partial charge in [0, 0.05) is 37.0 Å². The first-order chi connectivity index (χ1) is 17.9. The molecule has 8 nitrogen and oxygen atoms in total. The average molecular weight is 498 g/mol. The molecule has 0 unspecified atom stereocenters. The molecule has 0 spiro atoms. The van der Waals surface area contributed by atoms with Crippen molar-refractivity contribution in [2.75, 3.05) is 5.32 Å². The third kappa shape index (κ3) is 5.28. The Bertz CT molecular complexity index is 1430. The quantitative estimate of drug-likeness (QED) is 0.303. The number of nitrogens with zero attached hydrogens (tertiary/aromatic N) is 3. The third-order valence-corrected chi connectivity index (χ3v) is 6.97. The summed E-state index contributed by atoms with van der Waals surface area (Å²) < 4.78 is 3.18. The molecule has 2 amide bonds. The number of rotatable bonds is 6. The Morgan fingerprint density at radius 1 is 1.05 bits per heavy atom. The minimum absolute atomic E-state index is 0.0274. The van der Waals surface area contributed by atoms with Crippen LogP contribution in [-0.4, -0.2) is 31.4 Å². The van der Waals surface area contributed by atoms with Crippen molar-refractivity contribution in [3.63, 3.8) is 0 Å². The molecule has 0 aliphatic heterocycles. The van der Waals surface area contributed by atoms with E-state index >= 15 is 0 Å². The van der Waals surface area contributed by atoms with Crippen LogP contribution < -0.4 is 10.6 Å². The molecule has 2 aromatic carbocycles. The van der Waals surface area contributed by atoms with Gasteiger partial charge in [0.25, 0.3) is 5.91 Å². The zero-order chi connectivity index (χ0) is 25.9. The zero-order valence-corrected chi connectivity index (χ0v) is 21.1. The second-order valence-corrected chi connectivity index (χ2v) is 9.68. The molecular weight excluding hydrogens is 466 g/mol. The summed E-state index contributed by atoms with van der Waals surface area (Å²) in [5.41, 5.74) is 5.00. The Morgan fingerprint density at radius 2 is 1.81 bits per heavy atom. The third-order valence-electron chi connectivity index (χ3n) is 6.97. The lowest BCUT2D eigenvalue weighted by Gasteiger charge is -2.12. The summed E-state index contributed by atoms with van der Waals surface area (Å²) in [4.78, 5) is 25.9. The lowest BCUT2D eigenvalue weighted by atomic mass is 10.0. The SMILES string of the molecule is Cc1ccc(CNC(=O)n2nc(-c3cc(NC(=O)c4cccn4C)ccc3O)cc2C2CCCC2)cc1. The Morgan fingerprint density at radius 3 is 2.51 bits per heavy atom. The van der Waals surface area contributed by atoms with Crippen LogP contribution in [0.1, 0.15) is 58.9 Å². The van der Waals surface area contributed by atoms with Gasteiger partial charge in [0.1, 0.15) is 11.4 Å². The molecule has 37 heavy (non-hydrogen) atoms. The lowest BCUT2D eigenvalue weighted by molar-refractivity contribution is 0.101. The van der Waals surface area contributed by atoms with E-state index in [1.165, 1.54) is 10.7 Å². The summed E-state index contributed by atoms with van der Waals surface area (Å²) >= 11 is 0. The monoisotopic (exact) mass is 497 g/mol. The summed E-state index contributed by atoms with van der Waals surface area (Å²) in [7, 11) is 1.80. The predicted octanol–water partition coefficient (Wildman–Crippen LogP) is 5.57. The number of amides is 2. The van der Waals surface area contributed by atoms with Crippen molar-refractivity contribution in [1.29, 1.82) is 0 Å². The fourth-order valence-corrected chi connectivity index (χ4v) is 4.87. The summed E-state index contributed by atoms with van der Waals surface area (Å²) in [6, 6.07) is 18.0. The number of anilines is 1. The van der Waals surface area contributed by atoms with Crippen LogP contribution in [0.3, 0.4) is 0 Å². The molecule has 1 aliphatic carbocycles. The van der Waals surface area contributed by atoms with E-state index in [-0.39, 0.29) is 23.6 Å². The van der Waals surface area contributed by atoms with Gasteiger partial charge in [0.15, 0.2) is 0 Å². The largest absolute Gasteiger partial charge is 0.507 e. The van der Waals surface area contributed by atoms with Gasteiger partial charge in [-0.25, -0.2) is 4.79 Å².